The van der Waals surface area contributed by atoms with Crippen molar-refractivity contribution in [3.05, 3.63) is 63.8 Å². The number of carbonyl (C=O) groups excluding carboxylic acids is 1. The maximum atomic E-state index is 12.4. The first kappa shape index (κ1) is 15.2. The number of rotatable bonds is 4. The highest BCUT2D eigenvalue weighted by molar-refractivity contribution is 7.11. The van der Waals surface area contributed by atoms with E-state index in [1.807, 2.05) is 54.8 Å². The predicted octanol–water partition coefficient (Wildman–Crippen LogP) is 3.98. The highest BCUT2D eigenvalue weighted by Gasteiger charge is 2.13. The standard InChI is InChI=1S/C18H16N2O2S/c1-12-7-8-23-17(12)11-19-20-18(21)15-9-13-5-3-4-6-14(13)10-16(15)22-2/h3-11H,1-2H3,(H,20,21)/b19-11-. The first-order chi connectivity index (χ1) is 11.2. The fraction of sp³-hybridized carbons (Fsp3) is 0.111. The molecule has 2 aromatic carbocycles. The van der Waals surface area contributed by atoms with Crippen LogP contribution in [-0.4, -0.2) is 19.2 Å². The lowest BCUT2D eigenvalue weighted by Crippen LogP contribution is -2.18. The van der Waals surface area contributed by atoms with Crippen LogP contribution in [0.5, 0.6) is 5.75 Å². The minimum atomic E-state index is -0.293. The summed E-state index contributed by atoms with van der Waals surface area (Å²) >= 11 is 1.58. The van der Waals surface area contributed by atoms with Crippen LogP contribution in [0.2, 0.25) is 0 Å². The van der Waals surface area contributed by atoms with E-state index in [0.29, 0.717) is 11.3 Å². The summed E-state index contributed by atoms with van der Waals surface area (Å²) in [4.78, 5) is 13.4. The van der Waals surface area contributed by atoms with Gasteiger partial charge in [0.1, 0.15) is 5.75 Å². The predicted molar refractivity (Wildman–Crippen MR) is 94.6 cm³/mol. The van der Waals surface area contributed by atoms with Crippen molar-refractivity contribution < 1.29 is 9.53 Å². The lowest BCUT2D eigenvalue weighted by molar-refractivity contribution is 0.0952. The molecule has 0 aliphatic carbocycles. The summed E-state index contributed by atoms with van der Waals surface area (Å²) in [5.41, 5.74) is 4.16. The van der Waals surface area contributed by atoms with Gasteiger partial charge in [-0.25, -0.2) is 5.43 Å². The number of nitrogens with one attached hydrogen (secondary N) is 1. The van der Waals surface area contributed by atoms with Gasteiger partial charge >= 0.3 is 0 Å². The second kappa shape index (κ2) is 6.62. The molecule has 0 fully saturated rings. The Balaban J connectivity index is 1.85. The Morgan fingerprint density at radius 2 is 1.96 bits per heavy atom. The van der Waals surface area contributed by atoms with Gasteiger partial charge in [-0.2, -0.15) is 5.10 Å². The van der Waals surface area contributed by atoms with Crippen molar-refractivity contribution in [2.45, 2.75) is 6.92 Å². The third kappa shape index (κ3) is 3.24. The van der Waals surface area contributed by atoms with Crippen LogP contribution >= 0.6 is 11.3 Å². The van der Waals surface area contributed by atoms with Gasteiger partial charge in [-0.3, -0.25) is 4.79 Å². The molecule has 3 rings (SSSR count). The van der Waals surface area contributed by atoms with Crippen LogP contribution in [0.25, 0.3) is 10.8 Å². The Labute approximate surface area is 138 Å². The number of methoxy groups -OCH3 is 1. The van der Waals surface area contributed by atoms with Crippen LogP contribution in [0.3, 0.4) is 0 Å². The van der Waals surface area contributed by atoms with E-state index in [0.717, 1.165) is 21.2 Å². The monoisotopic (exact) mass is 324 g/mol. The quantitative estimate of drug-likeness (QED) is 0.583. The molecule has 0 aliphatic rings. The number of carbonyl (C=O) groups is 1. The summed E-state index contributed by atoms with van der Waals surface area (Å²) in [5, 5.41) is 8.04. The molecule has 0 saturated heterocycles. The van der Waals surface area contributed by atoms with Crippen LogP contribution in [0, 0.1) is 6.92 Å². The van der Waals surface area contributed by atoms with Gasteiger partial charge in [0.05, 0.1) is 18.9 Å². The zero-order chi connectivity index (χ0) is 16.2. The molecule has 1 aromatic heterocycles. The molecule has 0 aliphatic heterocycles. The van der Waals surface area contributed by atoms with Crippen molar-refractivity contribution in [2.24, 2.45) is 5.10 Å². The number of amides is 1. The van der Waals surface area contributed by atoms with Crippen LogP contribution in [0.1, 0.15) is 20.8 Å². The van der Waals surface area contributed by atoms with E-state index in [1.165, 1.54) is 0 Å². The zero-order valence-electron chi connectivity index (χ0n) is 12.9. The van der Waals surface area contributed by atoms with Crippen molar-refractivity contribution in [1.29, 1.82) is 0 Å². The maximum Gasteiger partial charge on any atom is 0.275 e. The van der Waals surface area contributed by atoms with Gasteiger partial charge < -0.3 is 4.74 Å². The van der Waals surface area contributed by atoms with Crippen molar-refractivity contribution >= 4 is 34.2 Å². The first-order valence-corrected chi connectivity index (χ1v) is 8.01. The molecule has 0 bridgehead atoms. The lowest BCUT2D eigenvalue weighted by Gasteiger charge is -2.09. The second-order valence-corrected chi connectivity index (χ2v) is 6.01. The first-order valence-electron chi connectivity index (χ1n) is 7.13. The van der Waals surface area contributed by atoms with Gasteiger partial charge in [0.15, 0.2) is 0 Å². The molecule has 0 atom stereocenters. The largest absolute Gasteiger partial charge is 0.496 e. The molecule has 0 saturated carbocycles. The highest BCUT2D eigenvalue weighted by atomic mass is 32.1. The van der Waals surface area contributed by atoms with E-state index in [4.69, 9.17) is 4.74 Å². The molecule has 23 heavy (non-hydrogen) atoms. The summed E-state index contributed by atoms with van der Waals surface area (Å²) in [6.45, 7) is 2.01. The summed E-state index contributed by atoms with van der Waals surface area (Å²) in [7, 11) is 1.55. The third-order valence-electron chi connectivity index (χ3n) is 3.56. The Morgan fingerprint density at radius 3 is 2.61 bits per heavy atom. The Hall–Kier alpha value is -2.66. The number of hydrazone groups is 1. The zero-order valence-corrected chi connectivity index (χ0v) is 13.7. The minimum absolute atomic E-state index is 0.293. The van der Waals surface area contributed by atoms with Crippen molar-refractivity contribution in [1.82, 2.24) is 5.43 Å². The molecule has 0 spiro atoms. The average molecular weight is 324 g/mol. The molecule has 1 N–H and O–H groups in total. The van der Waals surface area contributed by atoms with E-state index in [1.54, 1.807) is 24.7 Å². The Kier molecular flexibility index (Phi) is 4.39. The molecular formula is C18H16N2O2S. The van der Waals surface area contributed by atoms with Crippen molar-refractivity contribution in [2.75, 3.05) is 7.11 Å². The third-order valence-corrected chi connectivity index (χ3v) is 4.52. The number of benzene rings is 2. The molecule has 1 amide bonds. The van der Waals surface area contributed by atoms with E-state index in [-0.39, 0.29) is 5.91 Å². The molecule has 0 radical (unpaired) electrons. The molecule has 1 heterocycles. The lowest BCUT2D eigenvalue weighted by atomic mass is 10.1. The molecular weight excluding hydrogens is 308 g/mol. The second-order valence-electron chi connectivity index (χ2n) is 5.07. The number of nitrogens with zero attached hydrogens (tertiary/aromatic N) is 1. The van der Waals surface area contributed by atoms with Gasteiger partial charge in [-0.05, 0) is 46.8 Å². The van der Waals surface area contributed by atoms with Crippen molar-refractivity contribution in [3.63, 3.8) is 0 Å². The Bertz CT molecular complexity index is 884. The van der Waals surface area contributed by atoms with Gasteiger partial charge in [-0.15, -0.1) is 11.3 Å². The Morgan fingerprint density at radius 1 is 1.22 bits per heavy atom. The van der Waals surface area contributed by atoms with Gasteiger partial charge in [0, 0.05) is 4.88 Å². The minimum Gasteiger partial charge on any atom is -0.496 e. The summed E-state index contributed by atoms with van der Waals surface area (Å²) in [6, 6.07) is 13.5. The average Bonchev–Trinajstić information content (AvgIpc) is 2.98. The van der Waals surface area contributed by atoms with Gasteiger partial charge in [0.25, 0.3) is 5.91 Å². The van der Waals surface area contributed by atoms with Gasteiger partial charge in [-0.1, -0.05) is 24.3 Å². The van der Waals surface area contributed by atoms with E-state index in [9.17, 15) is 4.79 Å². The molecule has 5 heteroatoms. The molecule has 3 aromatic rings. The number of hydrogen-bond donors (Lipinski definition) is 1. The highest BCUT2D eigenvalue weighted by Crippen LogP contribution is 2.25. The maximum absolute atomic E-state index is 12.4. The fourth-order valence-electron chi connectivity index (χ4n) is 2.29. The van der Waals surface area contributed by atoms with Crippen LogP contribution in [0.4, 0.5) is 0 Å². The van der Waals surface area contributed by atoms with Gasteiger partial charge in [0.2, 0.25) is 0 Å². The summed E-state index contributed by atoms with van der Waals surface area (Å²) in [5.74, 6) is 0.238. The number of hydrogen-bond acceptors (Lipinski definition) is 4. The smallest absolute Gasteiger partial charge is 0.275 e. The number of ether oxygens (including phenoxy) is 1. The van der Waals surface area contributed by atoms with Crippen LogP contribution < -0.4 is 10.2 Å². The van der Waals surface area contributed by atoms with E-state index >= 15 is 0 Å². The normalized spacial score (nSPS) is 11.0. The number of aryl methyl sites for hydroxylation is 1. The fourth-order valence-corrected chi connectivity index (χ4v) is 3.08. The number of thiophene rings is 1. The molecule has 4 nitrogen and oxygen atoms in total. The van der Waals surface area contributed by atoms with E-state index < -0.39 is 0 Å². The topological polar surface area (TPSA) is 50.7 Å². The molecule has 116 valence electrons. The van der Waals surface area contributed by atoms with E-state index in [2.05, 4.69) is 10.5 Å². The number of fused-ring (bicyclic) bond motifs is 1. The van der Waals surface area contributed by atoms with Crippen LogP contribution in [-0.2, 0) is 0 Å². The SMILES string of the molecule is COc1cc2ccccc2cc1C(=O)N/N=C\c1sccc1C. The summed E-state index contributed by atoms with van der Waals surface area (Å²) in [6.07, 6.45) is 1.66. The molecule has 0 unspecified atom stereocenters. The summed E-state index contributed by atoms with van der Waals surface area (Å²) < 4.78 is 5.34. The van der Waals surface area contributed by atoms with Crippen molar-refractivity contribution in [3.8, 4) is 5.75 Å². The van der Waals surface area contributed by atoms with Crippen LogP contribution in [0.15, 0.2) is 52.9 Å².